The number of hydrogen-bond acceptors (Lipinski definition) is 5. The van der Waals surface area contributed by atoms with E-state index in [-0.39, 0.29) is 6.42 Å². The SMILES string of the molecule is CC[C@@H](NS(=O)(=O)c1cc([N+](=O)[O-])ccc1F)C(=O)O. The number of nitrogens with one attached hydrogen (secondary N) is 1. The van der Waals surface area contributed by atoms with Gasteiger partial charge in [-0.25, -0.2) is 12.8 Å². The lowest BCUT2D eigenvalue weighted by Gasteiger charge is -2.13. The lowest BCUT2D eigenvalue weighted by molar-refractivity contribution is -0.385. The number of nitro benzene ring substituents is 1. The third-order valence-corrected chi connectivity index (χ3v) is 3.91. The first-order chi connectivity index (χ1) is 9.19. The first-order valence-electron chi connectivity index (χ1n) is 5.38. The number of hydrogen-bond donors (Lipinski definition) is 2. The maximum atomic E-state index is 13.5. The molecule has 10 heteroatoms. The van der Waals surface area contributed by atoms with Crippen molar-refractivity contribution in [2.45, 2.75) is 24.3 Å². The van der Waals surface area contributed by atoms with Crippen molar-refractivity contribution in [3.8, 4) is 0 Å². The van der Waals surface area contributed by atoms with Gasteiger partial charge in [-0.15, -0.1) is 0 Å². The summed E-state index contributed by atoms with van der Waals surface area (Å²) in [6.07, 6.45) is -0.0644. The van der Waals surface area contributed by atoms with Gasteiger partial charge in [-0.05, 0) is 12.5 Å². The molecule has 0 bridgehead atoms. The van der Waals surface area contributed by atoms with Gasteiger partial charge >= 0.3 is 5.97 Å². The van der Waals surface area contributed by atoms with E-state index in [1.54, 1.807) is 4.72 Å². The fourth-order valence-corrected chi connectivity index (χ4v) is 2.74. The van der Waals surface area contributed by atoms with Gasteiger partial charge < -0.3 is 5.11 Å². The van der Waals surface area contributed by atoms with Crippen molar-refractivity contribution < 1.29 is 27.6 Å². The summed E-state index contributed by atoms with van der Waals surface area (Å²) in [7, 11) is -4.51. The molecule has 0 aliphatic heterocycles. The highest BCUT2D eigenvalue weighted by molar-refractivity contribution is 7.89. The summed E-state index contributed by atoms with van der Waals surface area (Å²) >= 11 is 0. The van der Waals surface area contributed by atoms with Crippen LogP contribution in [0.25, 0.3) is 0 Å². The lowest BCUT2D eigenvalue weighted by atomic mass is 10.2. The molecular weight excluding hydrogens is 295 g/mol. The minimum Gasteiger partial charge on any atom is -0.480 e. The number of halogens is 1. The molecule has 0 heterocycles. The molecule has 8 nitrogen and oxygen atoms in total. The number of non-ortho nitro benzene ring substituents is 1. The Morgan fingerprint density at radius 2 is 2.15 bits per heavy atom. The maximum absolute atomic E-state index is 13.5. The van der Waals surface area contributed by atoms with Gasteiger partial charge in [0, 0.05) is 12.1 Å². The van der Waals surface area contributed by atoms with Crippen LogP contribution >= 0.6 is 0 Å². The monoisotopic (exact) mass is 306 g/mol. The highest BCUT2D eigenvalue weighted by atomic mass is 32.2. The zero-order chi connectivity index (χ0) is 15.5. The van der Waals surface area contributed by atoms with Gasteiger partial charge in [0.25, 0.3) is 5.69 Å². The summed E-state index contributed by atoms with van der Waals surface area (Å²) in [6, 6.07) is 0.530. The molecule has 0 aliphatic rings. The predicted molar refractivity (Wildman–Crippen MR) is 65.1 cm³/mol. The van der Waals surface area contributed by atoms with Crippen LogP contribution in [-0.4, -0.2) is 30.5 Å². The average Bonchev–Trinajstić information content (AvgIpc) is 2.35. The molecule has 0 aliphatic carbocycles. The molecule has 0 radical (unpaired) electrons. The van der Waals surface area contributed by atoms with E-state index in [1.807, 2.05) is 0 Å². The van der Waals surface area contributed by atoms with Gasteiger partial charge in [-0.3, -0.25) is 14.9 Å². The fraction of sp³-hybridized carbons (Fsp3) is 0.300. The summed E-state index contributed by atoms with van der Waals surface area (Å²) < 4.78 is 39.0. The molecule has 1 atom stereocenters. The number of nitrogens with zero attached hydrogens (tertiary/aromatic N) is 1. The van der Waals surface area contributed by atoms with E-state index in [1.165, 1.54) is 6.92 Å². The topological polar surface area (TPSA) is 127 Å². The molecule has 1 rings (SSSR count). The Morgan fingerprint density at radius 3 is 2.60 bits per heavy atom. The summed E-state index contributed by atoms with van der Waals surface area (Å²) in [5.74, 6) is -2.63. The standard InChI is InChI=1S/C10H11FN2O6S/c1-2-8(10(14)15)12-20(18,19)9-5-6(13(16)17)3-4-7(9)11/h3-5,8,12H,2H2,1H3,(H,14,15)/t8-/m1/s1. The molecule has 0 aromatic heterocycles. The van der Waals surface area contributed by atoms with E-state index in [2.05, 4.69) is 0 Å². The van der Waals surface area contributed by atoms with Crippen LogP contribution in [0, 0.1) is 15.9 Å². The molecule has 2 N–H and O–H groups in total. The summed E-state index contributed by atoms with van der Waals surface area (Å²) in [5, 5.41) is 19.3. The van der Waals surface area contributed by atoms with Crippen LogP contribution in [0.3, 0.4) is 0 Å². The van der Waals surface area contributed by atoms with E-state index in [4.69, 9.17) is 5.11 Å². The highest BCUT2D eigenvalue weighted by Gasteiger charge is 2.27. The molecule has 1 aromatic carbocycles. The third-order valence-electron chi connectivity index (χ3n) is 2.42. The van der Waals surface area contributed by atoms with Crippen LogP contribution in [-0.2, 0) is 14.8 Å². The number of rotatable bonds is 6. The van der Waals surface area contributed by atoms with E-state index < -0.39 is 43.4 Å². The average molecular weight is 306 g/mol. The van der Waals surface area contributed by atoms with Gasteiger partial charge in [0.15, 0.2) is 0 Å². The number of carboxylic acid groups (broad SMARTS) is 1. The van der Waals surface area contributed by atoms with Crippen molar-refractivity contribution in [2.24, 2.45) is 0 Å². The zero-order valence-corrected chi connectivity index (χ0v) is 11.1. The van der Waals surface area contributed by atoms with Crippen LogP contribution in [0.15, 0.2) is 23.1 Å². The second kappa shape index (κ2) is 5.92. The largest absolute Gasteiger partial charge is 0.480 e. The summed E-state index contributed by atoms with van der Waals surface area (Å²) in [6.45, 7) is 1.42. The van der Waals surface area contributed by atoms with Crippen LogP contribution in [0.5, 0.6) is 0 Å². The van der Waals surface area contributed by atoms with Gasteiger partial charge in [0.2, 0.25) is 10.0 Å². The molecular formula is C10H11FN2O6S. The van der Waals surface area contributed by atoms with Gasteiger partial charge in [-0.2, -0.15) is 4.72 Å². The summed E-state index contributed by atoms with van der Waals surface area (Å²) in [5.41, 5.74) is -0.616. The van der Waals surface area contributed by atoms with E-state index in [0.29, 0.717) is 12.1 Å². The Labute approximate surface area is 113 Å². The lowest BCUT2D eigenvalue weighted by Crippen LogP contribution is -2.40. The fourth-order valence-electron chi connectivity index (χ4n) is 1.37. The zero-order valence-electron chi connectivity index (χ0n) is 10.2. The maximum Gasteiger partial charge on any atom is 0.321 e. The summed E-state index contributed by atoms with van der Waals surface area (Å²) in [4.78, 5) is 19.5. The number of sulfonamides is 1. The van der Waals surface area contributed by atoms with Crippen molar-refractivity contribution in [1.82, 2.24) is 4.72 Å². The predicted octanol–water partition coefficient (Wildman–Crippen LogP) is 0.875. The normalized spacial score (nSPS) is 12.9. The smallest absolute Gasteiger partial charge is 0.321 e. The number of aliphatic carboxylic acids is 1. The second-order valence-corrected chi connectivity index (χ2v) is 5.47. The van der Waals surface area contributed by atoms with Gasteiger partial charge in [-0.1, -0.05) is 6.92 Å². The molecule has 0 saturated carbocycles. The molecule has 0 amide bonds. The number of benzene rings is 1. The van der Waals surface area contributed by atoms with Crippen LogP contribution < -0.4 is 4.72 Å². The van der Waals surface area contributed by atoms with Crippen molar-refractivity contribution in [3.63, 3.8) is 0 Å². The van der Waals surface area contributed by atoms with Crippen LogP contribution in [0.2, 0.25) is 0 Å². The Morgan fingerprint density at radius 1 is 1.55 bits per heavy atom. The van der Waals surface area contributed by atoms with E-state index in [0.717, 1.165) is 6.07 Å². The Balaban J connectivity index is 3.24. The van der Waals surface area contributed by atoms with Crippen LogP contribution in [0.1, 0.15) is 13.3 Å². The first-order valence-corrected chi connectivity index (χ1v) is 6.86. The van der Waals surface area contributed by atoms with Gasteiger partial charge in [0.05, 0.1) is 4.92 Å². The second-order valence-electron chi connectivity index (χ2n) is 3.79. The molecule has 0 spiro atoms. The number of nitro groups is 1. The Kier molecular flexibility index (Phi) is 4.73. The number of carbonyl (C=O) groups is 1. The van der Waals surface area contributed by atoms with Crippen molar-refractivity contribution in [1.29, 1.82) is 0 Å². The van der Waals surface area contributed by atoms with E-state index >= 15 is 0 Å². The first kappa shape index (κ1) is 16.0. The van der Waals surface area contributed by atoms with Crippen LogP contribution in [0.4, 0.5) is 10.1 Å². The highest BCUT2D eigenvalue weighted by Crippen LogP contribution is 2.21. The molecule has 0 saturated heterocycles. The quantitative estimate of drug-likeness (QED) is 0.593. The van der Waals surface area contributed by atoms with Crippen molar-refractivity contribution in [3.05, 3.63) is 34.1 Å². The molecule has 20 heavy (non-hydrogen) atoms. The van der Waals surface area contributed by atoms with E-state index in [9.17, 15) is 27.7 Å². The third kappa shape index (κ3) is 3.48. The van der Waals surface area contributed by atoms with Crippen molar-refractivity contribution in [2.75, 3.05) is 0 Å². The molecule has 0 fully saturated rings. The molecule has 1 aromatic rings. The van der Waals surface area contributed by atoms with Gasteiger partial charge in [0.1, 0.15) is 16.8 Å². The Bertz CT molecular complexity index is 645. The number of carboxylic acids is 1. The molecule has 110 valence electrons. The minimum absolute atomic E-state index is 0.0644. The minimum atomic E-state index is -4.51. The Hall–Kier alpha value is -2.07. The van der Waals surface area contributed by atoms with Crippen molar-refractivity contribution >= 4 is 21.7 Å². The molecule has 0 unspecified atom stereocenters.